The highest BCUT2D eigenvalue weighted by Crippen LogP contribution is 2.18. The number of nitrogens with zero attached hydrogens (tertiary/aromatic N) is 1. The molecule has 6 heteroatoms. The molecule has 0 saturated heterocycles. The molecule has 0 aliphatic carbocycles. The lowest BCUT2D eigenvalue weighted by molar-refractivity contribution is 0.0940. The molecule has 0 radical (unpaired) electrons. The van der Waals surface area contributed by atoms with Gasteiger partial charge in [0.1, 0.15) is 5.82 Å². The average Bonchev–Trinajstić information content (AvgIpc) is 2.93. The van der Waals surface area contributed by atoms with Gasteiger partial charge in [-0.15, -0.1) is 0 Å². The van der Waals surface area contributed by atoms with Crippen molar-refractivity contribution >= 4 is 39.0 Å². The standard InChI is InChI=1S/C15H18BrN3OS/c1-3-17-14-13(7-12(16)8-18-14)15(20)19-10(2)6-11-4-5-21-9-11/h4-5,7-10H,3,6H2,1-2H3,(H,17,18)(H,19,20). The van der Waals surface area contributed by atoms with Gasteiger partial charge in [0.25, 0.3) is 5.91 Å². The first-order chi connectivity index (χ1) is 10.1. The summed E-state index contributed by atoms with van der Waals surface area (Å²) in [5.74, 6) is 0.503. The summed E-state index contributed by atoms with van der Waals surface area (Å²) in [5, 5.41) is 10.3. The van der Waals surface area contributed by atoms with Gasteiger partial charge in [-0.3, -0.25) is 4.79 Å². The number of nitrogens with one attached hydrogen (secondary N) is 2. The Morgan fingerprint density at radius 2 is 2.33 bits per heavy atom. The lowest BCUT2D eigenvalue weighted by atomic mass is 10.1. The average molecular weight is 368 g/mol. The molecule has 1 unspecified atom stereocenters. The van der Waals surface area contributed by atoms with Crippen molar-refractivity contribution in [3.63, 3.8) is 0 Å². The van der Waals surface area contributed by atoms with E-state index in [0.717, 1.165) is 17.4 Å². The fourth-order valence-electron chi connectivity index (χ4n) is 2.04. The Balaban J connectivity index is 2.07. The van der Waals surface area contributed by atoms with E-state index in [0.29, 0.717) is 11.4 Å². The van der Waals surface area contributed by atoms with Gasteiger partial charge in [-0.25, -0.2) is 4.98 Å². The topological polar surface area (TPSA) is 54.0 Å². The van der Waals surface area contributed by atoms with Gasteiger partial charge in [0.2, 0.25) is 0 Å². The molecule has 2 aromatic rings. The number of halogens is 1. The summed E-state index contributed by atoms with van der Waals surface area (Å²) in [6.45, 7) is 4.71. The quantitative estimate of drug-likeness (QED) is 0.818. The number of aromatic nitrogens is 1. The molecule has 0 spiro atoms. The first kappa shape index (κ1) is 16.0. The van der Waals surface area contributed by atoms with Crippen LogP contribution in [0.4, 0.5) is 5.82 Å². The monoisotopic (exact) mass is 367 g/mol. The molecule has 0 aliphatic rings. The van der Waals surface area contributed by atoms with Crippen LogP contribution in [0.15, 0.2) is 33.6 Å². The normalized spacial score (nSPS) is 12.0. The second-order valence-electron chi connectivity index (χ2n) is 4.79. The second-order valence-corrected chi connectivity index (χ2v) is 6.49. The molecular weight excluding hydrogens is 350 g/mol. The van der Waals surface area contributed by atoms with E-state index in [1.54, 1.807) is 23.6 Å². The molecule has 112 valence electrons. The Hall–Kier alpha value is -1.40. The minimum atomic E-state index is -0.109. The van der Waals surface area contributed by atoms with Crippen LogP contribution >= 0.6 is 27.3 Å². The molecule has 0 aliphatic heterocycles. The zero-order chi connectivity index (χ0) is 15.2. The lowest BCUT2D eigenvalue weighted by Gasteiger charge is -2.15. The fraction of sp³-hybridized carbons (Fsp3) is 0.333. The fourth-order valence-corrected chi connectivity index (χ4v) is 3.05. The van der Waals surface area contributed by atoms with Crippen molar-refractivity contribution in [2.75, 3.05) is 11.9 Å². The third-order valence-electron chi connectivity index (χ3n) is 2.94. The summed E-state index contributed by atoms with van der Waals surface area (Å²) < 4.78 is 0.791. The Bertz CT molecular complexity index is 601. The predicted octanol–water partition coefficient (Wildman–Crippen LogP) is 3.70. The zero-order valence-corrected chi connectivity index (χ0v) is 14.4. The largest absolute Gasteiger partial charge is 0.370 e. The van der Waals surface area contributed by atoms with Crippen molar-refractivity contribution in [1.29, 1.82) is 0 Å². The van der Waals surface area contributed by atoms with Crippen LogP contribution in [0.1, 0.15) is 29.8 Å². The molecule has 1 atom stereocenters. The molecule has 0 aromatic carbocycles. The summed E-state index contributed by atoms with van der Waals surface area (Å²) in [6.07, 6.45) is 2.51. The lowest BCUT2D eigenvalue weighted by Crippen LogP contribution is -2.34. The molecule has 1 amide bonds. The van der Waals surface area contributed by atoms with Crippen molar-refractivity contribution < 1.29 is 4.79 Å². The van der Waals surface area contributed by atoms with Crippen LogP contribution in [0, 0.1) is 0 Å². The molecule has 2 heterocycles. The molecule has 0 saturated carbocycles. The van der Waals surface area contributed by atoms with E-state index in [4.69, 9.17) is 0 Å². The molecule has 2 aromatic heterocycles. The van der Waals surface area contributed by atoms with Gasteiger partial charge in [0.05, 0.1) is 5.56 Å². The number of amides is 1. The number of carbonyl (C=O) groups is 1. The maximum absolute atomic E-state index is 12.4. The molecule has 2 rings (SSSR count). The maximum atomic E-state index is 12.4. The van der Waals surface area contributed by atoms with E-state index in [1.807, 2.05) is 19.2 Å². The number of carbonyl (C=O) groups excluding carboxylic acids is 1. The van der Waals surface area contributed by atoms with Crippen LogP contribution in [-0.4, -0.2) is 23.5 Å². The van der Waals surface area contributed by atoms with Gasteiger partial charge in [0.15, 0.2) is 0 Å². The van der Waals surface area contributed by atoms with Gasteiger partial charge < -0.3 is 10.6 Å². The first-order valence-corrected chi connectivity index (χ1v) is 8.55. The van der Waals surface area contributed by atoms with Crippen molar-refractivity contribution in [1.82, 2.24) is 10.3 Å². The van der Waals surface area contributed by atoms with Crippen molar-refractivity contribution in [2.24, 2.45) is 0 Å². The minimum Gasteiger partial charge on any atom is -0.370 e. The van der Waals surface area contributed by atoms with E-state index in [-0.39, 0.29) is 11.9 Å². The van der Waals surface area contributed by atoms with Gasteiger partial charge in [-0.2, -0.15) is 11.3 Å². The van der Waals surface area contributed by atoms with Crippen LogP contribution in [0.5, 0.6) is 0 Å². The maximum Gasteiger partial charge on any atom is 0.255 e. The SMILES string of the molecule is CCNc1ncc(Br)cc1C(=O)NC(C)Cc1ccsc1. The Morgan fingerprint density at radius 1 is 1.52 bits per heavy atom. The van der Waals surface area contributed by atoms with Crippen LogP contribution < -0.4 is 10.6 Å². The number of anilines is 1. The molecule has 0 fully saturated rings. The molecule has 2 N–H and O–H groups in total. The highest BCUT2D eigenvalue weighted by atomic mass is 79.9. The van der Waals surface area contributed by atoms with Gasteiger partial charge in [-0.1, -0.05) is 0 Å². The van der Waals surface area contributed by atoms with Crippen LogP contribution in [0.25, 0.3) is 0 Å². The molecule has 21 heavy (non-hydrogen) atoms. The Labute approximate surface area is 137 Å². The summed E-state index contributed by atoms with van der Waals surface area (Å²) in [4.78, 5) is 16.7. The summed E-state index contributed by atoms with van der Waals surface area (Å²) >= 11 is 5.03. The third-order valence-corrected chi connectivity index (χ3v) is 4.11. The highest BCUT2D eigenvalue weighted by Gasteiger charge is 2.15. The minimum absolute atomic E-state index is 0.0700. The number of hydrogen-bond donors (Lipinski definition) is 2. The van der Waals surface area contributed by atoms with Gasteiger partial charge in [0, 0.05) is 23.3 Å². The number of hydrogen-bond acceptors (Lipinski definition) is 4. The van der Waals surface area contributed by atoms with E-state index in [1.165, 1.54) is 5.56 Å². The second kappa shape index (κ2) is 7.56. The van der Waals surface area contributed by atoms with E-state index >= 15 is 0 Å². The van der Waals surface area contributed by atoms with Gasteiger partial charge >= 0.3 is 0 Å². The zero-order valence-electron chi connectivity index (χ0n) is 12.0. The van der Waals surface area contributed by atoms with Crippen LogP contribution in [0.2, 0.25) is 0 Å². The molecule has 4 nitrogen and oxygen atoms in total. The predicted molar refractivity (Wildman–Crippen MR) is 91.1 cm³/mol. The summed E-state index contributed by atoms with van der Waals surface area (Å²) in [5.41, 5.74) is 1.80. The number of rotatable bonds is 6. The van der Waals surface area contributed by atoms with Crippen molar-refractivity contribution in [3.05, 3.63) is 44.7 Å². The molecule has 0 bridgehead atoms. The Morgan fingerprint density at radius 3 is 3.00 bits per heavy atom. The first-order valence-electron chi connectivity index (χ1n) is 6.81. The molecular formula is C15H18BrN3OS. The van der Waals surface area contributed by atoms with Crippen molar-refractivity contribution in [2.45, 2.75) is 26.3 Å². The number of thiophene rings is 1. The highest BCUT2D eigenvalue weighted by molar-refractivity contribution is 9.10. The van der Waals surface area contributed by atoms with Crippen molar-refractivity contribution in [3.8, 4) is 0 Å². The smallest absolute Gasteiger partial charge is 0.255 e. The van der Waals surface area contributed by atoms with Crippen LogP contribution in [0.3, 0.4) is 0 Å². The Kier molecular flexibility index (Phi) is 5.76. The van der Waals surface area contributed by atoms with E-state index < -0.39 is 0 Å². The number of pyridine rings is 1. The van der Waals surface area contributed by atoms with E-state index in [2.05, 4.69) is 43.0 Å². The van der Waals surface area contributed by atoms with Gasteiger partial charge in [-0.05, 0) is 64.7 Å². The summed E-state index contributed by atoms with van der Waals surface area (Å²) in [6, 6.07) is 3.94. The third kappa shape index (κ3) is 4.54. The van der Waals surface area contributed by atoms with Crippen LogP contribution in [-0.2, 0) is 6.42 Å². The van der Waals surface area contributed by atoms with E-state index in [9.17, 15) is 4.79 Å². The summed E-state index contributed by atoms with van der Waals surface area (Å²) in [7, 11) is 0.